The number of halogens is 3. The largest absolute Gasteiger partial charge is 0.471 e. The second-order valence-corrected chi connectivity index (χ2v) is 6.38. The Hall–Kier alpha value is -3.70. The van der Waals surface area contributed by atoms with E-state index in [1.807, 2.05) is 0 Å². The molecule has 3 amide bonds. The van der Waals surface area contributed by atoms with Gasteiger partial charge < -0.3 is 9.80 Å². The van der Waals surface area contributed by atoms with Crippen molar-refractivity contribution in [1.29, 1.82) is 0 Å². The number of hydrogen-bond donors (Lipinski definition) is 1. The van der Waals surface area contributed by atoms with Crippen LogP contribution in [-0.2, 0) is 4.79 Å². The number of aldehydes is 1. The van der Waals surface area contributed by atoms with Crippen LogP contribution in [-0.4, -0.2) is 69.9 Å². The molecule has 30 heavy (non-hydrogen) atoms. The van der Waals surface area contributed by atoms with E-state index in [4.69, 9.17) is 0 Å². The first-order valence-corrected chi connectivity index (χ1v) is 8.76. The summed E-state index contributed by atoms with van der Waals surface area (Å²) in [4.78, 5) is 52.1. The lowest BCUT2D eigenvalue weighted by molar-refractivity contribution is -0.186. The zero-order valence-electron chi connectivity index (χ0n) is 15.4. The molecular formula is C18H16F3N5O4. The van der Waals surface area contributed by atoms with Crippen LogP contribution in [0.3, 0.4) is 0 Å². The fourth-order valence-corrected chi connectivity index (χ4v) is 2.86. The standard InChI is InChI=1S/C18H16F3N5O4/c19-18(20,21)15(28)24-7-9-25(10-8-24)16(29)22-14-5-6-26(17(30)23-14)13-3-1-12(11-27)2-4-13/h1-6,11H,7-10H2,(H,22,23,29,30). The molecule has 158 valence electrons. The van der Waals surface area contributed by atoms with Crippen LogP contribution in [0.1, 0.15) is 10.4 Å². The van der Waals surface area contributed by atoms with Crippen LogP contribution in [0, 0.1) is 0 Å². The lowest BCUT2D eigenvalue weighted by Crippen LogP contribution is -2.54. The van der Waals surface area contributed by atoms with Crippen molar-refractivity contribution in [2.24, 2.45) is 0 Å². The van der Waals surface area contributed by atoms with E-state index in [0.717, 1.165) is 0 Å². The van der Waals surface area contributed by atoms with Gasteiger partial charge in [0.05, 0.1) is 5.69 Å². The molecule has 1 aliphatic heterocycles. The number of nitrogens with one attached hydrogen (secondary N) is 1. The maximum Gasteiger partial charge on any atom is 0.471 e. The maximum absolute atomic E-state index is 12.5. The third-order valence-electron chi connectivity index (χ3n) is 4.44. The smallest absolute Gasteiger partial charge is 0.331 e. The minimum absolute atomic E-state index is 0.0282. The van der Waals surface area contributed by atoms with Gasteiger partial charge in [-0.05, 0) is 30.3 Å². The van der Waals surface area contributed by atoms with Gasteiger partial charge in [0.1, 0.15) is 12.1 Å². The number of amides is 3. The first kappa shape index (κ1) is 21.0. The molecule has 0 aliphatic carbocycles. The van der Waals surface area contributed by atoms with Crippen molar-refractivity contribution in [2.75, 3.05) is 31.5 Å². The first-order chi connectivity index (χ1) is 14.2. The van der Waals surface area contributed by atoms with Gasteiger partial charge in [-0.25, -0.2) is 9.59 Å². The Morgan fingerprint density at radius 2 is 1.60 bits per heavy atom. The molecule has 0 unspecified atom stereocenters. The van der Waals surface area contributed by atoms with Crippen molar-refractivity contribution in [3.05, 3.63) is 52.6 Å². The Balaban J connectivity index is 1.62. The molecule has 0 saturated carbocycles. The van der Waals surface area contributed by atoms with Crippen LogP contribution >= 0.6 is 0 Å². The zero-order valence-corrected chi connectivity index (χ0v) is 15.4. The lowest BCUT2D eigenvalue weighted by Gasteiger charge is -2.34. The molecule has 1 aromatic heterocycles. The Morgan fingerprint density at radius 3 is 2.13 bits per heavy atom. The Kier molecular flexibility index (Phi) is 5.85. The van der Waals surface area contributed by atoms with Crippen LogP contribution in [0.5, 0.6) is 0 Å². The number of carbonyl (C=O) groups excluding carboxylic acids is 3. The van der Waals surface area contributed by atoms with E-state index in [9.17, 15) is 32.3 Å². The molecule has 12 heteroatoms. The van der Waals surface area contributed by atoms with Gasteiger partial charge in [-0.1, -0.05) is 0 Å². The van der Waals surface area contributed by atoms with Crippen molar-refractivity contribution in [1.82, 2.24) is 19.4 Å². The summed E-state index contributed by atoms with van der Waals surface area (Å²) in [6.07, 6.45) is -2.89. The van der Waals surface area contributed by atoms with E-state index < -0.39 is 23.8 Å². The molecule has 1 fully saturated rings. The van der Waals surface area contributed by atoms with E-state index in [1.54, 1.807) is 12.1 Å². The van der Waals surface area contributed by atoms with Crippen molar-refractivity contribution < 1.29 is 27.6 Å². The average Bonchev–Trinajstić information content (AvgIpc) is 2.73. The van der Waals surface area contributed by atoms with E-state index in [0.29, 0.717) is 22.4 Å². The quantitative estimate of drug-likeness (QED) is 0.749. The Labute approximate surface area is 167 Å². The van der Waals surface area contributed by atoms with Crippen LogP contribution in [0.25, 0.3) is 5.69 Å². The van der Waals surface area contributed by atoms with E-state index in [2.05, 4.69) is 10.3 Å². The molecule has 1 aliphatic rings. The van der Waals surface area contributed by atoms with Gasteiger partial charge in [-0.2, -0.15) is 18.2 Å². The van der Waals surface area contributed by atoms with Gasteiger partial charge in [-0.15, -0.1) is 0 Å². The summed E-state index contributed by atoms with van der Waals surface area (Å²) in [6, 6.07) is 6.94. The summed E-state index contributed by atoms with van der Waals surface area (Å²) in [5.41, 5.74) is 0.245. The highest BCUT2D eigenvalue weighted by molar-refractivity contribution is 5.88. The van der Waals surface area contributed by atoms with E-state index in [-0.39, 0.29) is 32.0 Å². The number of hydrogen-bond acceptors (Lipinski definition) is 5. The van der Waals surface area contributed by atoms with Crippen molar-refractivity contribution in [3.63, 3.8) is 0 Å². The minimum atomic E-state index is -4.95. The molecule has 1 aromatic carbocycles. The Morgan fingerprint density at radius 1 is 1.00 bits per heavy atom. The molecule has 2 heterocycles. The minimum Gasteiger partial charge on any atom is -0.331 e. The second-order valence-electron chi connectivity index (χ2n) is 6.38. The van der Waals surface area contributed by atoms with Gasteiger partial charge in [-0.3, -0.25) is 19.5 Å². The number of piperazine rings is 1. The van der Waals surface area contributed by atoms with Crippen molar-refractivity contribution >= 4 is 24.0 Å². The molecule has 3 rings (SSSR count). The summed E-state index contributed by atoms with van der Waals surface area (Å²) in [5.74, 6) is -1.96. The molecule has 2 aromatic rings. The number of aromatic nitrogens is 2. The van der Waals surface area contributed by atoms with E-state index >= 15 is 0 Å². The summed E-state index contributed by atoms with van der Waals surface area (Å²) in [6.45, 7) is -0.684. The highest BCUT2D eigenvalue weighted by Gasteiger charge is 2.43. The normalized spacial score (nSPS) is 14.4. The van der Waals surface area contributed by atoms with Crippen molar-refractivity contribution in [2.45, 2.75) is 6.18 Å². The number of alkyl halides is 3. The van der Waals surface area contributed by atoms with Crippen LogP contribution in [0.15, 0.2) is 41.3 Å². The Bertz CT molecular complexity index is 1010. The predicted molar refractivity (Wildman–Crippen MR) is 98.4 cm³/mol. The highest BCUT2D eigenvalue weighted by atomic mass is 19.4. The number of urea groups is 1. The molecule has 1 N–H and O–H groups in total. The summed E-state index contributed by atoms with van der Waals surface area (Å²) in [5, 5.41) is 2.41. The first-order valence-electron chi connectivity index (χ1n) is 8.76. The molecule has 0 radical (unpaired) electrons. The van der Waals surface area contributed by atoms with Crippen molar-refractivity contribution in [3.8, 4) is 5.69 Å². The predicted octanol–water partition coefficient (Wildman–Crippen LogP) is 1.28. The highest BCUT2D eigenvalue weighted by Crippen LogP contribution is 2.19. The summed E-state index contributed by atoms with van der Waals surface area (Å²) in [7, 11) is 0. The van der Waals surface area contributed by atoms with Gasteiger partial charge in [0, 0.05) is 37.9 Å². The second kappa shape index (κ2) is 8.35. The molecule has 0 atom stereocenters. The SMILES string of the molecule is O=Cc1ccc(-n2ccc(NC(=O)N3CCN(C(=O)C(F)(F)F)CC3)nc2=O)cc1. The van der Waals surface area contributed by atoms with Crippen LogP contribution in [0.2, 0.25) is 0 Å². The third kappa shape index (κ3) is 4.64. The molecule has 0 bridgehead atoms. The van der Waals surface area contributed by atoms with E-state index in [1.165, 1.54) is 33.9 Å². The number of carbonyl (C=O) groups is 3. The number of anilines is 1. The van der Waals surface area contributed by atoms with Crippen LogP contribution in [0.4, 0.5) is 23.8 Å². The fourth-order valence-electron chi connectivity index (χ4n) is 2.86. The third-order valence-corrected chi connectivity index (χ3v) is 4.44. The van der Waals surface area contributed by atoms with Gasteiger partial charge >= 0.3 is 23.8 Å². The maximum atomic E-state index is 12.5. The molecule has 1 saturated heterocycles. The average molecular weight is 423 g/mol. The number of nitrogens with zero attached hydrogens (tertiary/aromatic N) is 4. The molecule has 0 spiro atoms. The van der Waals surface area contributed by atoms with Gasteiger partial charge in [0.25, 0.3) is 0 Å². The molecular weight excluding hydrogens is 407 g/mol. The fraction of sp³-hybridized carbons (Fsp3) is 0.278. The van der Waals surface area contributed by atoms with Gasteiger partial charge in [0.2, 0.25) is 0 Å². The summed E-state index contributed by atoms with van der Waals surface area (Å²) < 4.78 is 38.6. The lowest BCUT2D eigenvalue weighted by atomic mass is 10.2. The van der Waals surface area contributed by atoms with Gasteiger partial charge in [0.15, 0.2) is 0 Å². The number of benzene rings is 1. The van der Waals surface area contributed by atoms with Crippen LogP contribution < -0.4 is 11.0 Å². The zero-order chi connectivity index (χ0) is 21.9. The molecule has 9 nitrogen and oxygen atoms in total. The monoisotopic (exact) mass is 423 g/mol. The summed E-state index contributed by atoms with van der Waals surface area (Å²) >= 11 is 0. The topological polar surface area (TPSA) is 105 Å². The number of rotatable bonds is 3.